The minimum atomic E-state index is -0.367. The molecule has 1 N–H and O–H groups in total. The average Bonchev–Trinajstić information content (AvgIpc) is 2.41. The van der Waals surface area contributed by atoms with Gasteiger partial charge in [-0.3, -0.25) is 4.79 Å². The Kier molecular flexibility index (Phi) is 4.58. The van der Waals surface area contributed by atoms with Crippen molar-refractivity contribution in [3.63, 3.8) is 0 Å². The van der Waals surface area contributed by atoms with Crippen molar-refractivity contribution in [2.45, 2.75) is 6.92 Å². The second-order valence-electron chi connectivity index (χ2n) is 4.26. The van der Waals surface area contributed by atoms with Crippen LogP contribution in [-0.4, -0.2) is 12.5 Å². The van der Waals surface area contributed by atoms with E-state index < -0.39 is 0 Å². The van der Waals surface area contributed by atoms with Crippen molar-refractivity contribution >= 4 is 23.2 Å². The van der Waals surface area contributed by atoms with Gasteiger partial charge in [0.2, 0.25) is 0 Å². The van der Waals surface area contributed by atoms with Crippen LogP contribution in [0.15, 0.2) is 42.5 Å². The van der Waals surface area contributed by atoms with Gasteiger partial charge in [-0.15, -0.1) is 0 Å². The highest BCUT2D eigenvalue weighted by atomic mass is 35.5. The number of benzene rings is 2. The van der Waals surface area contributed by atoms with Crippen LogP contribution in [-0.2, 0) is 4.79 Å². The summed E-state index contributed by atoms with van der Waals surface area (Å²) in [6.07, 6.45) is 0. The molecule has 0 unspecified atom stereocenters. The number of aryl methyl sites for hydroxylation is 1. The van der Waals surface area contributed by atoms with E-state index in [9.17, 15) is 9.18 Å². The zero-order chi connectivity index (χ0) is 14.5. The molecule has 0 bridgehead atoms. The highest BCUT2D eigenvalue weighted by molar-refractivity contribution is 6.30. The van der Waals surface area contributed by atoms with Crippen LogP contribution >= 0.6 is 11.6 Å². The summed E-state index contributed by atoms with van der Waals surface area (Å²) in [4.78, 5) is 11.7. The van der Waals surface area contributed by atoms with E-state index in [-0.39, 0.29) is 18.3 Å². The summed E-state index contributed by atoms with van der Waals surface area (Å²) < 4.78 is 18.6. The molecule has 0 spiro atoms. The molecule has 0 saturated heterocycles. The number of amides is 1. The van der Waals surface area contributed by atoms with Crippen LogP contribution in [0, 0.1) is 12.7 Å². The minimum absolute atomic E-state index is 0.171. The van der Waals surface area contributed by atoms with Gasteiger partial charge in [0.1, 0.15) is 11.6 Å². The van der Waals surface area contributed by atoms with Gasteiger partial charge >= 0.3 is 0 Å². The lowest BCUT2D eigenvalue weighted by molar-refractivity contribution is -0.118. The maximum Gasteiger partial charge on any atom is 0.262 e. The summed E-state index contributed by atoms with van der Waals surface area (Å²) in [6, 6.07) is 11.3. The number of rotatable bonds is 4. The van der Waals surface area contributed by atoms with E-state index in [1.54, 1.807) is 43.3 Å². The third kappa shape index (κ3) is 3.96. The van der Waals surface area contributed by atoms with Crippen molar-refractivity contribution in [1.82, 2.24) is 0 Å². The second-order valence-corrected chi connectivity index (χ2v) is 4.69. The Labute approximate surface area is 121 Å². The van der Waals surface area contributed by atoms with Gasteiger partial charge in [0.05, 0.1) is 0 Å². The SMILES string of the molecule is Cc1ccc(NC(=O)COc2cccc(Cl)c2)cc1F. The van der Waals surface area contributed by atoms with E-state index in [1.807, 2.05) is 0 Å². The molecule has 0 aliphatic rings. The zero-order valence-corrected chi connectivity index (χ0v) is 11.6. The van der Waals surface area contributed by atoms with Crippen molar-refractivity contribution in [3.8, 4) is 5.75 Å². The van der Waals surface area contributed by atoms with Crippen LogP contribution in [0.2, 0.25) is 5.02 Å². The molecule has 0 saturated carbocycles. The quantitative estimate of drug-likeness (QED) is 0.931. The van der Waals surface area contributed by atoms with E-state index in [2.05, 4.69) is 5.32 Å². The summed E-state index contributed by atoms with van der Waals surface area (Å²) in [5.41, 5.74) is 0.922. The molecule has 20 heavy (non-hydrogen) atoms. The Bertz CT molecular complexity index is 631. The summed E-state index contributed by atoms with van der Waals surface area (Å²) in [6.45, 7) is 1.49. The maximum atomic E-state index is 13.3. The van der Waals surface area contributed by atoms with E-state index in [0.717, 1.165) is 0 Å². The molecule has 0 aliphatic carbocycles. The van der Waals surface area contributed by atoms with Crippen LogP contribution in [0.25, 0.3) is 0 Å². The van der Waals surface area contributed by atoms with E-state index in [4.69, 9.17) is 16.3 Å². The first kappa shape index (κ1) is 14.3. The van der Waals surface area contributed by atoms with E-state index in [1.165, 1.54) is 6.07 Å². The number of hydrogen-bond donors (Lipinski definition) is 1. The summed E-state index contributed by atoms with van der Waals surface area (Å²) >= 11 is 5.80. The van der Waals surface area contributed by atoms with Crippen LogP contribution in [0.5, 0.6) is 5.75 Å². The van der Waals surface area contributed by atoms with Gasteiger partial charge in [-0.05, 0) is 42.8 Å². The molecule has 104 valence electrons. The third-order valence-electron chi connectivity index (χ3n) is 2.62. The second kappa shape index (κ2) is 6.39. The van der Waals surface area contributed by atoms with Crippen molar-refractivity contribution in [2.75, 3.05) is 11.9 Å². The standard InChI is InChI=1S/C15H13ClFNO2/c1-10-5-6-12(8-14(10)17)18-15(19)9-20-13-4-2-3-11(16)7-13/h2-8H,9H2,1H3,(H,18,19). The fourth-order valence-corrected chi connectivity index (χ4v) is 1.75. The Morgan fingerprint density at radius 1 is 1.30 bits per heavy atom. The lowest BCUT2D eigenvalue weighted by Crippen LogP contribution is -2.20. The molecule has 5 heteroatoms. The Morgan fingerprint density at radius 2 is 2.10 bits per heavy atom. The predicted molar refractivity (Wildman–Crippen MR) is 76.7 cm³/mol. The van der Waals surface area contributed by atoms with Crippen molar-refractivity contribution in [1.29, 1.82) is 0 Å². The fraction of sp³-hybridized carbons (Fsp3) is 0.133. The number of halogens is 2. The van der Waals surface area contributed by atoms with Crippen LogP contribution in [0.3, 0.4) is 0 Å². The Balaban J connectivity index is 1.91. The smallest absolute Gasteiger partial charge is 0.262 e. The number of hydrogen-bond acceptors (Lipinski definition) is 2. The molecule has 0 aromatic heterocycles. The highest BCUT2D eigenvalue weighted by Crippen LogP contribution is 2.17. The molecule has 0 radical (unpaired) electrons. The van der Waals surface area contributed by atoms with Gasteiger partial charge in [0, 0.05) is 10.7 Å². The molecular formula is C15H13ClFNO2. The lowest BCUT2D eigenvalue weighted by atomic mass is 10.2. The molecule has 0 heterocycles. The third-order valence-corrected chi connectivity index (χ3v) is 2.86. The van der Waals surface area contributed by atoms with Gasteiger partial charge in [0.15, 0.2) is 6.61 Å². The van der Waals surface area contributed by atoms with Crippen LogP contribution < -0.4 is 10.1 Å². The van der Waals surface area contributed by atoms with Crippen LogP contribution in [0.4, 0.5) is 10.1 Å². The molecule has 3 nitrogen and oxygen atoms in total. The Morgan fingerprint density at radius 3 is 2.80 bits per heavy atom. The average molecular weight is 294 g/mol. The first-order chi connectivity index (χ1) is 9.54. The zero-order valence-electron chi connectivity index (χ0n) is 10.8. The fourth-order valence-electron chi connectivity index (χ4n) is 1.57. The monoisotopic (exact) mass is 293 g/mol. The molecular weight excluding hydrogens is 281 g/mol. The van der Waals surface area contributed by atoms with Gasteiger partial charge in [-0.25, -0.2) is 4.39 Å². The summed E-state index contributed by atoms with van der Waals surface area (Å²) in [7, 11) is 0. The molecule has 1 amide bonds. The molecule has 0 atom stereocenters. The van der Waals surface area contributed by atoms with Gasteiger partial charge in [-0.2, -0.15) is 0 Å². The van der Waals surface area contributed by atoms with Crippen molar-refractivity contribution in [3.05, 3.63) is 58.9 Å². The van der Waals surface area contributed by atoms with E-state index in [0.29, 0.717) is 22.0 Å². The predicted octanol–water partition coefficient (Wildman–Crippen LogP) is 3.81. The number of ether oxygens (including phenoxy) is 1. The lowest BCUT2D eigenvalue weighted by Gasteiger charge is -2.08. The van der Waals surface area contributed by atoms with Gasteiger partial charge in [0.25, 0.3) is 5.91 Å². The number of carbonyl (C=O) groups excluding carboxylic acids is 1. The number of anilines is 1. The van der Waals surface area contributed by atoms with Crippen molar-refractivity contribution < 1.29 is 13.9 Å². The molecule has 0 aliphatic heterocycles. The van der Waals surface area contributed by atoms with Crippen LogP contribution in [0.1, 0.15) is 5.56 Å². The molecule has 2 rings (SSSR count). The maximum absolute atomic E-state index is 13.3. The number of carbonyl (C=O) groups is 1. The highest BCUT2D eigenvalue weighted by Gasteiger charge is 2.06. The largest absolute Gasteiger partial charge is 0.484 e. The molecule has 2 aromatic rings. The topological polar surface area (TPSA) is 38.3 Å². The van der Waals surface area contributed by atoms with E-state index >= 15 is 0 Å². The molecule has 0 fully saturated rings. The molecule has 2 aromatic carbocycles. The first-order valence-corrected chi connectivity index (χ1v) is 6.37. The van der Waals surface area contributed by atoms with Gasteiger partial charge in [-0.1, -0.05) is 23.7 Å². The Hall–Kier alpha value is -2.07. The summed E-state index contributed by atoms with van der Waals surface area (Å²) in [5, 5.41) is 3.09. The van der Waals surface area contributed by atoms with Crippen molar-refractivity contribution in [2.24, 2.45) is 0 Å². The first-order valence-electron chi connectivity index (χ1n) is 5.99. The summed E-state index contributed by atoms with van der Waals surface area (Å²) in [5.74, 6) is -0.227. The normalized spacial score (nSPS) is 10.2. The number of nitrogens with one attached hydrogen (secondary N) is 1. The minimum Gasteiger partial charge on any atom is -0.484 e. The van der Waals surface area contributed by atoms with Gasteiger partial charge < -0.3 is 10.1 Å².